The van der Waals surface area contributed by atoms with Gasteiger partial charge >= 0.3 is 6.03 Å². The Hall–Kier alpha value is -3.22. The first-order chi connectivity index (χ1) is 12.6. The summed E-state index contributed by atoms with van der Waals surface area (Å²) in [5, 5.41) is 5.52. The molecule has 0 spiro atoms. The summed E-state index contributed by atoms with van der Waals surface area (Å²) >= 11 is 0. The Morgan fingerprint density at radius 1 is 1.08 bits per heavy atom. The van der Waals surface area contributed by atoms with E-state index in [1.165, 1.54) is 7.11 Å². The Morgan fingerprint density at radius 3 is 2.62 bits per heavy atom. The summed E-state index contributed by atoms with van der Waals surface area (Å²) in [6.45, 7) is 0.706. The van der Waals surface area contributed by atoms with Crippen LogP contribution in [0, 0.1) is 0 Å². The summed E-state index contributed by atoms with van der Waals surface area (Å²) in [7, 11) is 3.08. The van der Waals surface area contributed by atoms with Gasteiger partial charge in [0, 0.05) is 30.4 Å². The summed E-state index contributed by atoms with van der Waals surface area (Å²) in [5.41, 5.74) is 1.91. The van der Waals surface area contributed by atoms with Crippen molar-refractivity contribution < 1.29 is 19.1 Å². The third-order valence-corrected chi connectivity index (χ3v) is 4.15. The lowest BCUT2D eigenvalue weighted by molar-refractivity contribution is -0.117. The Balaban J connectivity index is 1.70. The lowest BCUT2D eigenvalue weighted by atomic mass is 10.2. The van der Waals surface area contributed by atoms with Gasteiger partial charge in [0.05, 0.1) is 19.9 Å². The lowest BCUT2D eigenvalue weighted by Gasteiger charge is -2.17. The molecule has 3 rings (SSSR count). The number of hydrogen-bond donors (Lipinski definition) is 2. The quantitative estimate of drug-likeness (QED) is 0.861. The second-order valence-corrected chi connectivity index (χ2v) is 5.84. The molecule has 1 aliphatic heterocycles. The summed E-state index contributed by atoms with van der Waals surface area (Å²) in [6.07, 6.45) is 1.42. The minimum atomic E-state index is -0.404. The highest BCUT2D eigenvalue weighted by molar-refractivity contribution is 6.01. The maximum Gasteiger partial charge on any atom is 0.323 e. The number of benzene rings is 2. The number of methoxy groups -OCH3 is 2. The summed E-state index contributed by atoms with van der Waals surface area (Å²) in [5.74, 6) is 1.24. The van der Waals surface area contributed by atoms with Gasteiger partial charge in [0.25, 0.3) is 0 Å². The van der Waals surface area contributed by atoms with Crippen LogP contribution < -0.4 is 25.0 Å². The number of amides is 3. The molecule has 26 heavy (non-hydrogen) atoms. The highest BCUT2D eigenvalue weighted by Gasteiger charge is 2.21. The molecular weight excluding hydrogens is 334 g/mol. The van der Waals surface area contributed by atoms with Gasteiger partial charge in [-0.05, 0) is 36.8 Å². The van der Waals surface area contributed by atoms with Crippen molar-refractivity contribution in [3.05, 3.63) is 42.5 Å². The van der Waals surface area contributed by atoms with Crippen LogP contribution in [0.3, 0.4) is 0 Å². The van der Waals surface area contributed by atoms with Gasteiger partial charge in [-0.3, -0.25) is 4.79 Å². The van der Waals surface area contributed by atoms with E-state index in [-0.39, 0.29) is 5.91 Å². The van der Waals surface area contributed by atoms with E-state index in [9.17, 15) is 9.59 Å². The van der Waals surface area contributed by atoms with Crippen LogP contribution in [-0.4, -0.2) is 32.7 Å². The van der Waals surface area contributed by atoms with Crippen molar-refractivity contribution in [1.29, 1.82) is 0 Å². The van der Waals surface area contributed by atoms with Crippen molar-refractivity contribution in [2.24, 2.45) is 0 Å². The summed E-state index contributed by atoms with van der Waals surface area (Å²) < 4.78 is 10.4. The molecule has 0 aromatic heterocycles. The number of anilines is 3. The number of nitrogens with zero attached hydrogens (tertiary/aromatic N) is 1. The van der Waals surface area contributed by atoms with Crippen LogP contribution in [-0.2, 0) is 4.79 Å². The summed E-state index contributed by atoms with van der Waals surface area (Å²) in [6, 6.07) is 12.0. The minimum absolute atomic E-state index is 0.106. The number of ether oxygens (including phenoxy) is 2. The Bertz CT molecular complexity index is 822. The molecule has 0 atom stereocenters. The molecule has 2 aromatic rings. The normalized spacial score (nSPS) is 13.5. The number of rotatable bonds is 5. The molecule has 1 fully saturated rings. The average molecular weight is 355 g/mol. The van der Waals surface area contributed by atoms with E-state index in [0.717, 1.165) is 12.1 Å². The van der Waals surface area contributed by atoms with Gasteiger partial charge in [-0.1, -0.05) is 6.07 Å². The minimum Gasteiger partial charge on any atom is -0.497 e. The molecule has 2 aromatic carbocycles. The standard InChI is InChI=1S/C19H21N3O4/c1-25-15-8-9-16(17(12-15)26-2)21-19(24)20-13-5-3-6-14(11-13)22-10-4-7-18(22)23/h3,5-6,8-9,11-12H,4,7,10H2,1-2H3,(H2,20,21,24). The van der Waals surface area contributed by atoms with E-state index < -0.39 is 6.03 Å². The maximum atomic E-state index is 12.3. The average Bonchev–Trinajstić information content (AvgIpc) is 3.08. The third kappa shape index (κ3) is 3.88. The van der Waals surface area contributed by atoms with Crippen LogP contribution in [0.15, 0.2) is 42.5 Å². The van der Waals surface area contributed by atoms with Crippen LogP contribution >= 0.6 is 0 Å². The predicted octanol–water partition coefficient (Wildman–Crippen LogP) is 3.47. The predicted molar refractivity (Wildman–Crippen MR) is 100 cm³/mol. The molecule has 7 nitrogen and oxygen atoms in total. The number of carbonyl (C=O) groups excluding carboxylic acids is 2. The highest BCUT2D eigenvalue weighted by Crippen LogP contribution is 2.29. The number of nitrogens with one attached hydrogen (secondary N) is 2. The van der Waals surface area contributed by atoms with Crippen molar-refractivity contribution in [3.8, 4) is 11.5 Å². The van der Waals surface area contributed by atoms with Crippen LogP contribution in [0.1, 0.15) is 12.8 Å². The zero-order valence-corrected chi connectivity index (χ0v) is 14.7. The van der Waals surface area contributed by atoms with Crippen LogP contribution in [0.4, 0.5) is 21.9 Å². The largest absolute Gasteiger partial charge is 0.497 e. The maximum absolute atomic E-state index is 12.3. The molecule has 1 heterocycles. The summed E-state index contributed by atoms with van der Waals surface area (Å²) in [4.78, 5) is 25.9. The number of urea groups is 1. The smallest absolute Gasteiger partial charge is 0.323 e. The fraction of sp³-hybridized carbons (Fsp3) is 0.263. The topological polar surface area (TPSA) is 79.9 Å². The van der Waals surface area contributed by atoms with Gasteiger partial charge in [0.1, 0.15) is 11.5 Å². The van der Waals surface area contributed by atoms with Crippen molar-refractivity contribution in [2.45, 2.75) is 12.8 Å². The second kappa shape index (κ2) is 7.77. The monoisotopic (exact) mass is 355 g/mol. The fourth-order valence-corrected chi connectivity index (χ4v) is 2.86. The second-order valence-electron chi connectivity index (χ2n) is 5.84. The van der Waals surface area contributed by atoms with E-state index in [1.807, 2.05) is 12.1 Å². The molecule has 3 amide bonds. The Morgan fingerprint density at radius 2 is 1.92 bits per heavy atom. The molecule has 1 aliphatic rings. The van der Waals surface area contributed by atoms with Gasteiger partial charge in [-0.15, -0.1) is 0 Å². The highest BCUT2D eigenvalue weighted by atomic mass is 16.5. The molecular formula is C19H21N3O4. The molecule has 1 saturated heterocycles. The van der Waals surface area contributed by atoms with Gasteiger partial charge in [-0.2, -0.15) is 0 Å². The SMILES string of the molecule is COc1ccc(NC(=O)Nc2cccc(N3CCCC3=O)c2)c(OC)c1. The molecule has 136 valence electrons. The van der Waals surface area contributed by atoms with Crippen molar-refractivity contribution in [2.75, 3.05) is 36.3 Å². The molecule has 0 radical (unpaired) electrons. The molecule has 2 N–H and O–H groups in total. The number of hydrogen-bond acceptors (Lipinski definition) is 4. The van der Waals surface area contributed by atoms with Crippen molar-refractivity contribution in [3.63, 3.8) is 0 Å². The van der Waals surface area contributed by atoms with E-state index in [4.69, 9.17) is 9.47 Å². The van der Waals surface area contributed by atoms with Crippen molar-refractivity contribution in [1.82, 2.24) is 0 Å². The Labute approximate surface area is 151 Å². The van der Waals surface area contributed by atoms with Gasteiger partial charge in [-0.25, -0.2) is 4.79 Å². The molecule has 0 unspecified atom stereocenters. The van der Waals surface area contributed by atoms with Crippen LogP contribution in [0.5, 0.6) is 11.5 Å². The fourth-order valence-electron chi connectivity index (χ4n) is 2.86. The molecule has 0 saturated carbocycles. The Kier molecular flexibility index (Phi) is 5.26. The van der Waals surface area contributed by atoms with Gasteiger partial charge in [0.2, 0.25) is 5.91 Å². The first-order valence-corrected chi connectivity index (χ1v) is 8.31. The van der Waals surface area contributed by atoms with E-state index in [0.29, 0.717) is 35.8 Å². The molecule has 0 bridgehead atoms. The van der Waals surface area contributed by atoms with Crippen LogP contribution in [0.25, 0.3) is 0 Å². The van der Waals surface area contributed by atoms with Gasteiger partial charge in [0.15, 0.2) is 0 Å². The van der Waals surface area contributed by atoms with E-state index in [1.54, 1.807) is 42.3 Å². The third-order valence-electron chi connectivity index (χ3n) is 4.15. The first-order valence-electron chi connectivity index (χ1n) is 8.31. The zero-order chi connectivity index (χ0) is 18.5. The van der Waals surface area contributed by atoms with E-state index in [2.05, 4.69) is 10.6 Å². The van der Waals surface area contributed by atoms with Crippen LogP contribution in [0.2, 0.25) is 0 Å². The van der Waals surface area contributed by atoms with Crippen molar-refractivity contribution >= 4 is 29.0 Å². The lowest BCUT2D eigenvalue weighted by Crippen LogP contribution is -2.24. The van der Waals surface area contributed by atoms with E-state index >= 15 is 0 Å². The molecule has 7 heteroatoms. The molecule has 0 aliphatic carbocycles. The van der Waals surface area contributed by atoms with Gasteiger partial charge < -0.3 is 25.0 Å². The zero-order valence-electron chi connectivity index (χ0n) is 14.7. The number of carbonyl (C=O) groups is 2. The first kappa shape index (κ1) is 17.6.